The average Bonchev–Trinajstić information content (AvgIpc) is 3.28. The Labute approximate surface area is 195 Å². The van der Waals surface area contributed by atoms with Gasteiger partial charge in [0.05, 0.1) is 6.04 Å². The molecule has 0 fully saturated rings. The number of hydrogen-bond donors (Lipinski definition) is 1. The molecule has 3 aromatic carbocycles. The van der Waals surface area contributed by atoms with Gasteiger partial charge < -0.3 is 10.1 Å². The van der Waals surface area contributed by atoms with Crippen molar-refractivity contribution >= 4 is 34.4 Å². The van der Waals surface area contributed by atoms with Gasteiger partial charge >= 0.3 is 6.09 Å². The maximum atomic E-state index is 12.8. The minimum Gasteiger partial charge on any atom is -0.445 e. The second kappa shape index (κ2) is 10.7. The van der Waals surface area contributed by atoms with E-state index < -0.39 is 12.1 Å². The second-order valence-corrected chi connectivity index (χ2v) is 8.40. The third kappa shape index (κ3) is 5.95. The molecule has 8 nitrogen and oxygen atoms in total. The summed E-state index contributed by atoms with van der Waals surface area (Å²) >= 11 is 1.38. The van der Waals surface area contributed by atoms with Crippen molar-refractivity contribution < 1.29 is 14.3 Å². The molecule has 168 valence electrons. The number of amides is 1. The lowest BCUT2D eigenvalue weighted by Gasteiger charge is -2.16. The van der Waals surface area contributed by atoms with Gasteiger partial charge in [0.15, 0.2) is 5.78 Å². The molecule has 1 aromatic heterocycles. The van der Waals surface area contributed by atoms with Gasteiger partial charge in [-0.05, 0) is 57.1 Å². The Hall–Kier alpha value is -3.72. The van der Waals surface area contributed by atoms with Crippen molar-refractivity contribution in [2.24, 2.45) is 0 Å². The zero-order chi connectivity index (χ0) is 23.0. The van der Waals surface area contributed by atoms with Crippen molar-refractivity contribution in [1.29, 1.82) is 0 Å². The van der Waals surface area contributed by atoms with Crippen molar-refractivity contribution in [3.05, 3.63) is 78.4 Å². The Bertz CT molecular complexity index is 1250. The number of tetrazole rings is 1. The van der Waals surface area contributed by atoms with E-state index in [9.17, 15) is 9.59 Å². The lowest BCUT2D eigenvalue weighted by Crippen LogP contribution is -2.42. The number of benzene rings is 3. The SMILES string of the molecule is CCC(NC(=O)OCc1ccccc1)C(=O)Cn1nnnc1Sc1ccc2ccccc2c1. The highest BCUT2D eigenvalue weighted by molar-refractivity contribution is 7.99. The maximum absolute atomic E-state index is 12.8. The monoisotopic (exact) mass is 461 g/mol. The molecule has 0 saturated carbocycles. The van der Waals surface area contributed by atoms with Crippen LogP contribution in [0, 0.1) is 0 Å². The van der Waals surface area contributed by atoms with E-state index in [-0.39, 0.29) is 18.9 Å². The molecule has 1 amide bonds. The lowest BCUT2D eigenvalue weighted by atomic mass is 10.1. The zero-order valence-corrected chi connectivity index (χ0v) is 18.9. The number of Topliss-reactive ketones (excluding diaryl/α,β-unsaturated/α-hetero) is 1. The van der Waals surface area contributed by atoms with Crippen molar-refractivity contribution in [2.75, 3.05) is 0 Å². The van der Waals surface area contributed by atoms with E-state index in [1.54, 1.807) is 0 Å². The molecular formula is C24H23N5O3S. The average molecular weight is 462 g/mol. The molecule has 9 heteroatoms. The fourth-order valence-corrected chi connectivity index (χ4v) is 4.10. The van der Waals surface area contributed by atoms with Gasteiger partial charge in [0.25, 0.3) is 0 Å². The van der Waals surface area contributed by atoms with Gasteiger partial charge in [0.2, 0.25) is 5.16 Å². The van der Waals surface area contributed by atoms with Gasteiger partial charge in [-0.2, -0.15) is 0 Å². The summed E-state index contributed by atoms with van der Waals surface area (Å²) in [7, 11) is 0. The summed E-state index contributed by atoms with van der Waals surface area (Å²) in [6.45, 7) is 1.90. The maximum Gasteiger partial charge on any atom is 0.408 e. The van der Waals surface area contributed by atoms with E-state index in [1.165, 1.54) is 16.4 Å². The normalized spacial score (nSPS) is 11.8. The topological polar surface area (TPSA) is 99.0 Å². The Kier molecular flexibility index (Phi) is 7.31. The molecule has 0 radical (unpaired) electrons. The van der Waals surface area contributed by atoms with E-state index in [4.69, 9.17) is 4.74 Å². The number of carbonyl (C=O) groups is 2. The summed E-state index contributed by atoms with van der Waals surface area (Å²) < 4.78 is 6.68. The highest BCUT2D eigenvalue weighted by Crippen LogP contribution is 2.28. The van der Waals surface area contributed by atoms with Crippen LogP contribution in [0.4, 0.5) is 4.79 Å². The first-order valence-electron chi connectivity index (χ1n) is 10.5. The number of carbonyl (C=O) groups excluding carboxylic acids is 2. The van der Waals surface area contributed by atoms with Crippen molar-refractivity contribution in [1.82, 2.24) is 25.5 Å². The minimum absolute atomic E-state index is 0.0552. The number of hydrogen-bond acceptors (Lipinski definition) is 7. The number of rotatable bonds is 9. The van der Waals surface area contributed by atoms with Crippen LogP contribution < -0.4 is 5.32 Å². The summed E-state index contributed by atoms with van der Waals surface area (Å²) in [5.74, 6) is -0.207. The van der Waals surface area contributed by atoms with Crippen molar-refractivity contribution in [3.8, 4) is 0 Å². The summed E-state index contributed by atoms with van der Waals surface area (Å²) in [6.07, 6.45) is -0.212. The smallest absolute Gasteiger partial charge is 0.408 e. The Morgan fingerprint density at radius 1 is 1.03 bits per heavy atom. The van der Waals surface area contributed by atoms with Crippen molar-refractivity contribution in [3.63, 3.8) is 0 Å². The number of fused-ring (bicyclic) bond motifs is 1. The van der Waals surface area contributed by atoms with E-state index >= 15 is 0 Å². The first-order valence-corrected chi connectivity index (χ1v) is 11.4. The van der Waals surface area contributed by atoms with Crippen LogP contribution >= 0.6 is 11.8 Å². The molecule has 33 heavy (non-hydrogen) atoms. The molecule has 0 aliphatic carbocycles. The summed E-state index contributed by atoms with van der Waals surface area (Å²) in [5.41, 5.74) is 0.871. The third-order valence-electron chi connectivity index (χ3n) is 5.04. The quantitative estimate of drug-likeness (QED) is 0.398. The fraction of sp³-hybridized carbons (Fsp3) is 0.208. The second-order valence-electron chi connectivity index (χ2n) is 7.36. The molecule has 4 aromatic rings. The van der Waals surface area contributed by atoms with Gasteiger partial charge in [-0.15, -0.1) is 5.10 Å². The Morgan fingerprint density at radius 2 is 1.79 bits per heavy atom. The van der Waals surface area contributed by atoms with Gasteiger partial charge in [0, 0.05) is 4.90 Å². The van der Waals surface area contributed by atoms with Gasteiger partial charge in [-0.3, -0.25) is 4.79 Å². The molecule has 0 bridgehead atoms. The molecule has 1 N–H and O–H groups in total. The minimum atomic E-state index is -0.698. The van der Waals surface area contributed by atoms with E-state index in [0.717, 1.165) is 21.2 Å². The van der Waals surface area contributed by atoms with Crippen LogP contribution in [0.2, 0.25) is 0 Å². The number of ether oxygens (including phenoxy) is 1. The molecular weight excluding hydrogens is 438 g/mol. The first kappa shape index (κ1) is 22.5. The van der Waals surface area contributed by atoms with Crippen LogP contribution in [0.3, 0.4) is 0 Å². The predicted octanol–water partition coefficient (Wildman–Crippen LogP) is 4.25. The Morgan fingerprint density at radius 3 is 2.58 bits per heavy atom. The van der Waals surface area contributed by atoms with E-state index in [1.807, 2.05) is 67.6 Å². The van der Waals surface area contributed by atoms with Crippen LogP contribution in [0.15, 0.2) is 82.8 Å². The van der Waals surface area contributed by atoms with E-state index in [2.05, 4.69) is 33.0 Å². The van der Waals surface area contributed by atoms with Crippen LogP contribution in [-0.2, 0) is 22.7 Å². The number of nitrogens with one attached hydrogen (secondary N) is 1. The fourth-order valence-electron chi connectivity index (χ4n) is 3.28. The summed E-state index contributed by atoms with van der Waals surface area (Å²) in [6, 6.07) is 22.8. The van der Waals surface area contributed by atoms with E-state index in [0.29, 0.717) is 11.6 Å². The third-order valence-corrected chi connectivity index (χ3v) is 6.00. The molecule has 0 spiro atoms. The molecule has 1 unspecified atom stereocenters. The highest BCUT2D eigenvalue weighted by Gasteiger charge is 2.22. The van der Waals surface area contributed by atoms with Crippen LogP contribution in [0.5, 0.6) is 0 Å². The Balaban J connectivity index is 1.36. The van der Waals surface area contributed by atoms with Crippen LogP contribution in [0.1, 0.15) is 18.9 Å². The van der Waals surface area contributed by atoms with Crippen LogP contribution in [-0.4, -0.2) is 38.1 Å². The molecule has 1 heterocycles. The number of nitrogens with zero attached hydrogens (tertiary/aromatic N) is 4. The zero-order valence-electron chi connectivity index (χ0n) is 18.0. The standard InChI is InChI=1S/C24H23N5O3S/c1-2-21(25-24(31)32-16-17-8-4-3-5-9-17)22(30)15-29-23(26-27-28-29)33-20-13-12-18-10-6-7-11-19(18)14-20/h3-14,21H,2,15-16H2,1H3,(H,25,31). The van der Waals surface area contributed by atoms with Gasteiger partial charge in [-0.1, -0.05) is 67.6 Å². The molecule has 0 saturated heterocycles. The number of aromatic nitrogens is 4. The molecule has 1 atom stereocenters. The van der Waals surface area contributed by atoms with Crippen LogP contribution in [0.25, 0.3) is 10.8 Å². The number of alkyl carbamates (subject to hydrolysis) is 1. The molecule has 0 aliphatic heterocycles. The summed E-state index contributed by atoms with van der Waals surface area (Å²) in [4.78, 5) is 26.0. The van der Waals surface area contributed by atoms with Crippen molar-refractivity contribution in [2.45, 2.75) is 42.6 Å². The lowest BCUT2D eigenvalue weighted by molar-refractivity contribution is -0.122. The number of ketones is 1. The molecule has 0 aliphatic rings. The largest absolute Gasteiger partial charge is 0.445 e. The van der Waals surface area contributed by atoms with Gasteiger partial charge in [-0.25, -0.2) is 9.48 Å². The molecule has 4 rings (SSSR count). The highest BCUT2D eigenvalue weighted by atomic mass is 32.2. The van der Waals surface area contributed by atoms with Gasteiger partial charge in [0.1, 0.15) is 13.2 Å². The predicted molar refractivity (Wildman–Crippen MR) is 125 cm³/mol. The summed E-state index contributed by atoms with van der Waals surface area (Å²) in [5, 5.41) is 17.1. The first-order chi connectivity index (χ1) is 16.1.